The molecule has 4 heteroatoms. The minimum absolute atomic E-state index is 0.163. The number of nitrogens with one attached hydrogen (secondary N) is 1. The first-order valence-electron chi connectivity index (χ1n) is 6.39. The summed E-state index contributed by atoms with van der Waals surface area (Å²) < 4.78 is 19.3. The third kappa shape index (κ3) is 3.70. The highest BCUT2D eigenvalue weighted by Gasteiger charge is 2.14. The zero-order valence-corrected chi connectivity index (χ0v) is 13.6. The Morgan fingerprint density at radius 1 is 1.20 bits per heavy atom. The van der Waals surface area contributed by atoms with Gasteiger partial charge in [-0.3, -0.25) is 0 Å². The molecule has 0 aliphatic heterocycles. The maximum Gasteiger partial charge on any atom is 0.124 e. The molecule has 0 aliphatic carbocycles. The van der Waals surface area contributed by atoms with E-state index in [0.29, 0.717) is 0 Å². The summed E-state index contributed by atoms with van der Waals surface area (Å²) >= 11 is 2.18. The molecule has 20 heavy (non-hydrogen) atoms. The molecule has 0 bridgehead atoms. The number of halogens is 2. The second kappa shape index (κ2) is 7.04. The number of benzene rings is 2. The van der Waals surface area contributed by atoms with Gasteiger partial charge in [0.1, 0.15) is 11.6 Å². The fourth-order valence-corrected chi connectivity index (χ4v) is 3.00. The molecule has 1 atom stereocenters. The van der Waals surface area contributed by atoms with Gasteiger partial charge in [0.15, 0.2) is 0 Å². The van der Waals surface area contributed by atoms with Crippen LogP contribution in [0, 0.1) is 9.39 Å². The van der Waals surface area contributed by atoms with Crippen molar-refractivity contribution in [2.75, 3.05) is 14.2 Å². The quantitative estimate of drug-likeness (QED) is 0.788. The second-order valence-corrected chi connectivity index (χ2v) is 5.72. The van der Waals surface area contributed by atoms with Gasteiger partial charge in [0.05, 0.1) is 7.11 Å². The number of rotatable bonds is 5. The fourth-order valence-electron chi connectivity index (χ4n) is 2.15. The van der Waals surface area contributed by atoms with Crippen molar-refractivity contribution in [3.63, 3.8) is 0 Å². The Bertz CT molecular complexity index is 571. The Balaban J connectivity index is 2.19. The van der Waals surface area contributed by atoms with E-state index < -0.39 is 0 Å². The van der Waals surface area contributed by atoms with Gasteiger partial charge < -0.3 is 10.1 Å². The normalized spacial score (nSPS) is 12.2. The van der Waals surface area contributed by atoms with Crippen molar-refractivity contribution in [1.29, 1.82) is 0 Å². The second-order valence-electron chi connectivity index (χ2n) is 4.56. The van der Waals surface area contributed by atoms with Gasteiger partial charge in [0, 0.05) is 9.61 Å². The van der Waals surface area contributed by atoms with Crippen LogP contribution in [-0.4, -0.2) is 14.2 Å². The third-order valence-corrected chi connectivity index (χ3v) is 4.22. The van der Waals surface area contributed by atoms with Gasteiger partial charge in [-0.25, -0.2) is 4.39 Å². The van der Waals surface area contributed by atoms with Crippen LogP contribution in [0.5, 0.6) is 5.75 Å². The predicted octanol–water partition coefficient (Wildman–Crippen LogP) is 3.94. The molecule has 0 fully saturated rings. The van der Waals surface area contributed by atoms with E-state index in [1.807, 2.05) is 25.2 Å². The van der Waals surface area contributed by atoms with Gasteiger partial charge in [-0.15, -0.1) is 0 Å². The van der Waals surface area contributed by atoms with E-state index in [2.05, 4.69) is 40.0 Å². The molecule has 0 saturated carbocycles. The van der Waals surface area contributed by atoms with E-state index in [0.717, 1.165) is 21.3 Å². The molecule has 106 valence electrons. The monoisotopic (exact) mass is 385 g/mol. The zero-order chi connectivity index (χ0) is 14.5. The van der Waals surface area contributed by atoms with Crippen LogP contribution in [0.25, 0.3) is 0 Å². The first-order chi connectivity index (χ1) is 9.63. The van der Waals surface area contributed by atoms with Crippen LogP contribution in [-0.2, 0) is 6.42 Å². The average molecular weight is 385 g/mol. The first kappa shape index (κ1) is 15.3. The van der Waals surface area contributed by atoms with E-state index in [9.17, 15) is 4.39 Å². The number of hydrogen-bond donors (Lipinski definition) is 1. The minimum Gasteiger partial charge on any atom is -0.497 e. The molecule has 0 saturated heterocycles. The summed E-state index contributed by atoms with van der Waals surface area (Å²) in [7, 11) is 3.58. The van der Waals surface area contributed by atoms with Crippen LogP contribution in [0.4, 0.5) is 4.39 Å². The summed E-state index contributed by atoms with van der Waals surface area (Å²) in [5.74, 6) is 0.656. The topological polar surface area (TPSA) is 21.3 Å². The summed E-state index contributed by atoms with van der Waals surface area (Å²) in [6.45, 7) is 0. The highest BCUT2D eigenvalue weighted by Crippen LogP contribution is 2.24. The van der Waals surface area contributed by atoms with Gasteiger partial charge in [0.25, 0.3) is 0 Å². The van der Waals surface area contributed by atoms with E-state index in [4.69, 9.17) is 4.74 Å². The van der Waals surface area contributed by atoms with Gasteiger partial charge >= 0.3 is 0 Å². The Morgan fingerprint density at radius 3 is 2.45 bits per heavy atom. The lowest BCUT2D eigenvalue weighted by atomic mass is 9.99. The van der Waals surface area contributed by atoms with Crippen LogP contribution in [0.15, 0.2) is 42.5 Å². The van der Waals surface area contributed by atoms with E-state index in [1.165, 1.54) is 11.6 Å². The number of ether oxygens (including phenoxy) is 1. The standard InChI is InChI=1S/C16H17FINO/c1-19-16(14-8-5-12(17)10-15(14)18)9-11-3-6-13(20-2)7-4-11/h3-8,10,16,19H,9H2,1-2H3. The molecule has 0 amide bonds. The van der Waals surface area contributed by atoms with Crippen LogP contribution in [0.3, 0.4) is 0 Å². The summed E-state index contributed by atoms with van der Waals surface area (Å²) in [5.41, 5.74) is 2.33. The maximum atomic E-state index is 13.2. The molecule has 2 nitrogen and oxygen atoms in total. The summed E-state index contributed by atoms with van der Waals surface area (Å²) in [5, 5.41) is 3.30. The first-order valence-corrected chi connectivity index (χ1v) is 7.47. The molecule has 0 aromatic heterocycles. The largest absolute Gasteiger partial charge is 0.497 e. The van der Waals surface area contributed by atoms with Gasteiger partial charge in [-0.1, -0.05) is 18.2 Å². The van der Waals surface area contributed by atoms with Crippen molar-refractivity contribution < 1.29 is 9.13 Å². The molecule has 1 N–H and O–H groups in total. The fraction of sp³-hybridized carbons (Fsp3) is 0.250. The lowest BCUT2D eigenvalue weighted by molar-refractivity contribution is 0.414. The molecule has 2 rings (SSSR count). The molecule has 2 aromatic carbocycles. The van der Waals surface area contributed by atoms with Crippen molar-refractivity contribution >= 4 is 22.6 Å². The molecule has 1 unspecified atom stereocenters. The number of methoxy groups -OCH3 is 1. The predicted molar refractivity (Wildman–Crippen MR) is 87.6 cm³/mol. The van der Waals surface area contributed by atoms with Crippen molar-refractivity contribution in [3.8, 4) is 5.75 Å². The summed E-state index contributed by atoms with van der Waals surface area (Å²) in [6.07, 6.45) is 0.849. The summed E-state index contributed by atoms with van der Waals surface area (Å²) in [6, 6.07) is 13.1. The number of hydrogen-bond acceptors (Lipinski definition) is 2. The molecule has 0 radical (unpaired) electrons. The molecule has 0 spiro atoms. The van der Waals surface area contributed by atoms with Crippen molar-refractivity contribution in [2.45, 2.75) is 12.5 Å². The summed E-state index contributed by atoms with van der Waals surface area (Å²) in [4.78, 5) is 0. The molecule has 0 heterocycles. The smallest absolute Gasteiger partial charge is 0.124 e. The van der Waals surface area contributed by atoms with Crippen molar-refractivity contribution in [2.24, 2.45) is 0 Å². The molecular weight excluding hydrogens is 368 g/mol. The van der Waals surface area contributed by atoms with E-state index in [1.54, 1.807) is 13.2 Å². The average Bonchev–Trinajstić information content (AvgIpc) is 2.46. The lowest BCUT2D eigenvalue weighted by Gasteiger charge is -2.18. The Morgan fingerprint density at radius 2 is 1.90 bits per heavy atom. The Labute approximate surface area is 132 Å². The van der Waals surface area contributed by atoms with E-state index in [-0.39, 0.29) is 11.9 Å². The van der Waals surface area contributed by atoms with Gasteiger partial charge in [0.2, 0.25) is 0 Å². The molecule has 0 aliphatic rings. The highest BCUT2D eigenvalue weighted by molar-refractivity contribution is 14.1. The van der Waals surface area contributed by atoms with Crippen molar-refractivity contribution in [3.05, 3.63) is 63.0 Å². The van der Waals surface area contributed by atoms with Crippen LogP contribution < -0.4 is 10.1 Å². The lowest BCUT2D eigenvalue weighted by Crippen LogP contribution is -2.20. The minimum atomic E-state index is -0.197. The Hall–Kier alpha value is -1.14. The SMILES string of the molecule is CNC(Cc1ccc(OC)cc1)c1ccc(F)cc1I. The van der Waals surface area contributed by atoms with Crippen LogP contribution >= 0.6 is 22.6 Å². The zero-order valence-electron chi connectivity index (χ0n) is 11.5. The van der Waals surface area contributed by atoms with Gasteiger partial charge in [-0.2, -0.15) is 0 Å². The van der Waals surface area contributed by atoms with Crippen LogP contribution in [0.2, 0.25) is 0 Å². The van der Waals surface area contributed by atoms with Crippen LogP contribution in [0.1, 0.15) is 17.2 Å². The number of likely N-dealkylation sites (N-methyl/N-ethyl adjacent to an activating group) is 1. The van der Waals surface area contributed by atoms with Crippen molar-refractivity contribution in [1.82, 2.24) is 5.32 Å². The highest BCUT2D eigenvalue weighted by atomic mass is 127. The third-order valence-electron chi connectivity index (χ3n) is 3.29. The molecule has 2 aromatic rings. The van der Waals surface area contributed by atoms with Gasteiger partial charge in [-0.05, 0) is 71.5 Å². The molecular formula is C16H17FINO. The van der Waals surface area contributed by atoms with E-state index >= 15 is 0 Å². The Kier molecular flexibility index (Phi) is 5.37. The maximum absolute atomic E-state index is 13.2.